The highest BCUT2D eigenvalue weighted by atomic mass is 32.2. The van der Waals surface area contributed by atoms with E-state index in [0.717, 1.165) is 25.0 Å². The van der Waals surface area contributed by atoms with Gasteiger partial charge in [-0.2, -0.15) is 4.31 Å². The average molecular weight is 417 g/mol. The molecule has 0 saturated carbocycles. The van der Waals surface area contributed by atoms with E-state index in [4.69, 9.17) is 0 Å². The van der Waals surface area contributed by atoms with Gasteiger partial charge in [0.25, 0.3) is 0 Å². The van der Waals surface area contributed by atoms with Crippen LogP contribution in [-0.4, -0.2) is 43.7 Å². The molecule has 0 N–H and O–H groups in total. The zero-order chi connectivity index (χ0) is 20.6. The van der Waals surface area contributed by atoms with Crippen molar-refractivity contribution in [3.63, 3.8) is 0 Å². The Balaban J connectivity index is 1.49. The number of hydrogen-bond donors (Lipinski definition) is 0. The van der Waals surface area contributed by atoms with Gasteiger partial charge in [-0.1, -0.05) is 24.3 Å². The fraction of sp³-hybridized carbons (Fsp3) is 0.409. The number of fused-ring (bicyclic) bond motifs is 1. The lowest BCUT2D eigenvalue weighted by molar-refractivity contribution is -0.137. The van der Waals surface area contributed by atoms with Crippen LogP contribution in [-0.2, 0) is 21.2 Å². The molecule has 0 bridgehead atoms. The van der Waals surface area contributed by atoms with E-state index in [1.807, 2.05) is 19.2 Å². The molecule has 1 amide bonds. The number of carbonyl (C=O) groups is 1. The minimum atomic E-state index is -3.74. The van der Waals surface area contributed by atoms with E-state index < -0.39 is 15.8 Å². The number of carbonyl (C=O) groups excluding carboxylic acids is 1. The smallest absolute Gasteiger partial charge is 0.243 e. The summed E-state index contributed by atoms with van der Waals surface area (Å²) in [7, 11) is -1.92. The van der Waals surface area contributed by atoms with E-state index in [1.54, 1.807) is 4.90 Å². The molecule has 1 aliphatic heterocycles. The minimum absolute atomic E-state index is 0.00860. The maximum atomic E-state index is 13.2. The highest BCUT2D eigenvalue weighted by molar-refractivity contribution is 7.89. The quantitative estimate of drug-likeness (QED) is 0.768. The largest absolute Gasteiger partial charge is 0.338 e. The molecule has 2 aromatic rings. The molecule has 0 aromatic heterocycles. The van der Waals surface area contributed by atoms with Crippen LogP contribution >= 0.6 is 0 Å². The standard InChI is InChI=1S/C22H25FN2O3S/c1-24(21-13-8-16-5-2-3-7-20(16)21)22(26)17-6-4-14-25(15-17)29(27,28)19-11-9-18(23)10-12-19/h2-3,5,7,9-12,17,21H,4,6,8,13-15H2,1H3/t17-,21-/m1/s1. The third-order valence-corrected chi connectivity index (χ3v) is 7.98. The van der Waals surface area contributed by atoms with Gasteiger partial charge < -0.3 is 4.90 Å². The van der Waals surface area contributed by atoms with Gasteiger partial charge >= 0.3 is 0 Å². The van der Waals surface area contributed by atoms with Crippen molar-refractivity contribution >= 4 is 15.9 Å². The topological polar surface area (TPSA) is 57.7 Å². The molecule has 0 spiro atoms. The van der Waals surface area contributed by atoms with Crippen molar-refractivity contribution in [2.24, 2.45) is 5.92 Å². The molecule has 1 saturated heterocycles. The summed E-state index contributed by atoms with van der Waals surface area (Å²) >= 11 is 0. The molecule has 2 aromatic carbocycles. The molecule has 0 unspecified atom stereocenters. The van der Waals surface area contributed by atoms with Gasteiger partial charge in [-0.05, 0) is 61.1 Å². The molecule has 2 aliphatic rings. The van der Waals surface area contributed by atoms with Gasteiger partial charge in [0.1, 0.15) is 5.82 Å². The van der Waals surface area contributed by atoms with E-state index in [9.17, 15) is 17.6 Å². The molecule has 154 valence electrons. The van der Waals surface area contributed by atoms with Gasteiger partial charge in [0, 0.05) is 20.1 Å². The number of amides is 1. The SMILES string of the molecule is CN(C(=O)[C@@H]1CCCN(S(=O)(=O)c2ccc(F)cc2)C1)[C@@H]1CCc2ccccc21. The van der Waals surface area contributed by atoms with Gasteiger partial charge in [-0.25, -0.2) is 12.8 Å². The Morgan fingerprint density at radius 2 is 1.83 bits per heavy atom. The Kier molecular flexibility index (Phi) is 5.44. The van der Waals surface area contributed by atoms with E-state index in [0.29, 0.717) is 19.4 Å². The zero-order valence-electron chi connectivity index (χ0n) is 16.4. The maximum absolute atomic E-state index is 13.2. The van der Waals surface area contributed by atoms with Crippen molar-refractivity contribution in [3.05, 3.63) is 65.5 Å². The fourth-order valence-electron chi connectivity index (χ4n) is 4.50. The van der Waals surface area contributed by atoms with Crippen molar-refractivity contribution in [1.82, 2.24) is 9.21 Å². The van der Waals surface area contributed by atoms with Gasteiger partial charge in [-0.3, -0.25) is 4.79 Å². The summed E-state index contributed by atoms with van der Waals surface area (Å²) < 4.78 is 40.4. The molecule has 5 nitrogen and oxygen atoms in total. The van der Waals surface area contributed by atoms with Crippen LogP contribution in [0, 0.1) is 11.7 Å². The molecule has 1 aliphatic carbocycles. The number of nitrogens with zero attached hydrogens (tertiary/aromatic N) is 2. The maximum Gasteiger partial charge on any atom is 0.243 e. The molecule has 29 heavy (non-hydrogen) atoms. The van der Waals surface area contributed by atoms with Crippen molar-refractivity contribution in [1.29, 1.82) is 0 Å². The molecule has 0 radical (unpaired) electrons. The van der Waals surface area contributed by atoms with E-state index in [-0.39, 0.29) is 29.3 Å². The number of piperidine rings is 1. The monoisotopic (exact) mass is 416 g/mol. The highest BCUT2D eigenvalue weighted by Crippen LogP contribution is 2.36. The van der Waals surface area contributed by atoms with E-state index in [2.05, 4.69) is 12.1 Å². The summed E-state index contributed by atoms with van der Waals surface area (Å²) in [6.07, 6.45) is 3.15. The Morgan fingerprint density at radius 3 is 2.59 bits per heavy atom. The van der Waals surface area contributed by atoms with Crippen molar-refractivity contribution in [3.8, 4) is 0 Å². The first-order valence-corrected chi connectivity index (χ1v) is 11.4. The third-order valence-electron chi connectivity index (χ3n) is 6.10. The van der Waals surface area contributed by atoms with Crippen LogP contribution in [0.4, 0.5) is 4.39 Å². The second-order valence-electron chi connectivity index (χ2n) is 7.86. The molecule has 1 fully saturated rings. The lowest BCUT2D eigenvalue weighted by Crippen LogP contribution is -2.46. The number of benzene rings is 2. The predicted octanol–water partition coefficient (Wildman–Crippen LogP) is 3.37. The lowest BCUT2D eigenvalue weighted by Gasteiger charge is -2.35. The summed E-state index contributed by atoms with van der Waals surface area (Å²) in [6.45, 7) is 0.538. The zero-order valence-corrected chi connectivity index (χ0v) is 17.2. The molecule has 1 heterocycles. The Morgan fingerprint density at radius 1 is 1.10 bits per heavy atom. The molecule has 2 atom stereocenters. The van der Waals surface area contributed by atoms with Crippen LogP contribution in [0.2, 0.25) is 0 Å². The first kappa shape index (κ1) is 20.0. The van der Waals surface area contributed by atoms with Crippen molar-refractivity contribution in [2.75, 3.05) is 20.1 Å². The second-order valence-corrected chi connectivity index (χ2v) is 9.80. The fourth-order valence-corrected chi connectivity index (χ4v) is 6.02. The molecular weight excluding hydrogens is 391 g/mol. The summed E-state index contributed by atoms with van der Waals surface area (Å²) in [4.78, 5) is 15.1. The normalized spacial score (nSPS) is 22.3. The number of hydrogen-bond acceptors (Lipinski definition) is 3. The number of rotatable bonds is 4. The van der Waals surface area contributed by atoms with Crippen molar-refractivity contribution < 1.29 is 17.6 Å². The van der Waals surface area contributed by atoms with Crippen LogP contribution in [0.1, 0.15) is 36.4 Å². The second kappa shape index (κ2) is 7.88. The first-order chi connectivity index (χ1) is 13.9. The van der Waals surface area contributed by atoms with Gasteiger partial charge in [0.05, 0.1) is 16.9 Å². The van der Waals surface area contributed by atoms with Crippen LogP contribution in [0.25, 0.3) is 0 Å². The predicted molar refractivity (Wildman–Crippen MR) is 108 cm³/mol. The number of halogens is 1. The summed E-state index contributed by atoms with van der Waals surface area (Å²) in [6, 6.07) is 13.1. The number of aryl methyl sites for hydroxylation is 1. The molecule has 4 rings (SSSR count). The summed E-state index contributed by atoms with van der Waals surface area (Å²) in [5.41, 5.74) is 2.47. The van der Waals surface area contributed by atoms with E-state index >= 15 is 0 Å². The highest BCUT2D eigenvalue weighted by Gasteiger charge is 2.37. The summed E-state index contributed by atoms with van der Waals surface area (Å²) in [5, 5.41) is 0. The van der Waals surface area contributed by atoms with Gasteiger partial charge in [0.2, 0.25) is 15.9 Å². The van der Waals surface area contributed by atoms with Gasteiger partial charge in [0.15, 0.2) is 0 Å². The van der Waals surface area contributed by atoms with Crippen LogP contribution in [0.5, 0.6) is 0 Å². The van der Waals surface area contributed by atoms with Crippen LogP contribution in [0.3, 0.4) is 0 Å². The van der Waals surface area contributed by atoms with Gasteiger partial charge in [-0.15, -0.1) is 0 Å². The Labute approximate surface area is 171 Å². The average Bonchev–Trinajstić information content (AvgIpc) is 3.17. The van der Waals surface area contributed by atoms with E-state index in [1.165, 1.54) is 27.6 Å². The first-order valence-electron chi connectivity index (χ1n) is 9.98. The summed E-state index contributed by atoms with van der Waals surface area (Å²) in [5.74, 6) is -0.850. The Bertz CT molecular complexity index is 1010. The third kappa shape index (κ3) is 3.81. The minimum Gasteiger partial charge on any atom is -0.338 e. The lowest BCUT2D eigenvalue weighted by atomic mass is 9.97. The molecular formula is C22H25FN2O3S. The van der Waals surface area contributed by atoms with Crippen LogP contribution < -0.4 is 0 Å². The molecule has 7 heteroatoms. The van der Waals surface area contributed by atoms with Crippen LogP contribution in [0.15, 0.2) is 53.4 Å². The number of sulfonamides is 1. The van der Waals surface area contributed by atoms with Crippen molar-refractivity contribution in [2.45, 2.75) is 36.6 Å². The Hall–Kier alpha value is -2.25.